The molecule has 0 radical (unpaired) electrons. The van der Waals surface area contributed by atoms with Crippen LogP contribution in [-0.4, -0.2) is 44.4 Å². The first kappa shape index (κ1) is 12.5. The minimum absolute atomic E-state index is 0.0257. The van der Waals surface area contributed by atoms with Gasteiger partial charge in [0.25, 0.3) is 0 Å². The van der Waals surface area contributed by atoms with Crippen molar-refractivity contribution >= 4 is 5.91 Å². The van der Waals surface area contributed by atoms with Crippen molar-refractivity contribution in [2.45, 2.75) is 38.2 Å². The summed E-state index contributed by atoms with van der Waals surface area (Å²) in [5.41, 5.74) is 0. The Morgan fingerprint density at radius 3 is 2.53 bits per heavy atom. The third-order valence-electron chi connectivity index (χ3n) is 2.66. The molecule has 0 aliphatic heterocycles. The largest absolute Gasteiger partial charge is 0.352 e. The molecule has 0 N–H and O–H groups in total. The number of carbonyl (C=O) groups is 1. The van der Waals surface area contributed by atoms with E-state index in [0.29, 0.717) is 6.10 Å². The van der Waals surface area contributed by atoms with Gasteiger partial charge in [-0.1, -0.05) is 19.3 Å². The van der Waals surface area contributed by atoms with Crippen LogP contribution in [0, 0.1) is 0 Å². The molecule has 0 atom stereocenters. The highest BCUT2D eigenvalue weighted by molar-refractivity contribution is 5.76. The molecule has 0 aromatic heterocycles. The monoisotopic (exact) mass is 215 g/mol. The molecule has 4 heteroatoms. The molecule has 0 unspecified atom stereocenters. The van der Waals surface area contributed by atoms with Crippen molar-refractivity contribution < 1.29 is 14.3 Å². The molecule has 1 fully saturated rings. The Morgan fingerprint density at radius 2 is 1.93 bits per heavy atom. The van der Waals surface area contributed by atoms with Crippen LogP contribution >= 0.6 is 0 Å². The Bertz CT molecular complexity index is 188. The standard InChI is InChI=1S/C11H21NO3/c1-12(2)11(13)8-14-9-15-10-6-4-3-5-7-10/h10H,3-9H2,1-2H3. The number of carbonyl (C=O) groups excluding carboxylic acids is 1. The average molecular weight is 215 g/mol. The molecule has 0 spiro atoms. The van der Waals surface area contributed by atoms with Gasteiger partial charge in [-0.15, -0.1) is 0 Å². The van der Waals surface area contributed by atoms with Crippen molar-refractivity contribution in [3.63, 3.8) is 0 Å². The number of rotatable bonds is 5. The van der Waals surface area contributed by atoms with Crippen LogP contribution in [0.25, 0.3) is 0 Å². The van der Waals surface area contributed by atoms with E-state index >= 15 is 0 Å². The zero-order valence-corrected chi connectivity index (χ0v) is 9.70. The van der Waals surface area contributed by atoms with E-state index in [4.69, 9.17) is 9.47 Å². The van der Waals surface area contributed by atoms with Crippen molar-refractivity contribution in [1.82, 2.24) is 4.90 Å². The lowest BCUT2D eigenvalue weighted by Gasteiger charge is -2.21. The highest BCUT2D eigenvalue weighted by Gasteiger charge is 2.13. The van der Waals surface area contributed by atoms with E-state index in [1.165, 1.54) is 24.2 Å². The van der Waals surface area contributed by atoms with Crippen LogP contribution in [0.15, 0.2) is 0 Å². The number of ether oxygens (including phenoxy) is 2. The van der Waals surface area contributed by atoms with Crippen LogP contribution in [0.5, 0.6) is 0 Å². The van der Waals surface area contributed by atoms with Crippen LogP contribution in [0.4, 0.5) is 0 Å². The Kier molecular flexibility index (Phi) is 5.65. The van der Waals surface area contributed by atoms with Gasteiger partial charge >= 0.3 is 0 Å². The van der Waals surface area contributed by atoms with E-state index < -0.39 is 0 Å². The van der Waals surface area contributed by atoms with Gasteiger partial charge in [0, 0.05) is 14.1 Å². The summed E-state index contributed by atoms with van der Waals surface area (Å²) in [4.78, 5) is 12.7. The van der Waals surface area contributed by atoms with Crippen molar-refractivity contribution in [2.75, 3.05) is 27.5 Å². The lowest BCUT2D eigenvalue weighted by molar-refractivity contribution is -0.144. The van der Waals surface area contributed by atoms with Gasteiger partial charge in [0.15, 0.2) is 0 Å². The summed E-state index contributed by atoms with van der Waals surface area (Å²) in [6.45, 7) is 0.351. The highest BCUT2D eigenvalue weighted by atomic mass is 16.7. The van der Waals surface area contributed by atoms with Crippen LogP contribution in [-0.2, 0) is 14.3 Å². The molecule has 15 heavy (non-hydrogen) atoms. The summed E-state index contributed by atoms with van der Waals surface area (Å²) in [5, 5.41) is 0. The quantitative estimate of drug-likeness (QED) is 0.514. The number of hydrogen-bond acceptors (Lipinski definition) is 3. The molecule has 0 aromatic rings. The highest BCUT2D eigenvalue weighted by Crippen LogP contribution is 2.19. The van der Waals surface area contributed by atoms with Crippen molar-refractivity contribution in [3.8, 4) is 0 Å². The van der Waals surface area contributed by atoms with Gasteiger partial charge in [0.1, 0.15) is 13.4 Å². The topological polar surface area (TPSA) is 38.8 Å². The first-order valence-corrected chi connectivity index (χ1v) is 5.59. The van der Waals surface area contributed by atoms with E-state index in [2.05, 4.69) is 0 Å². The van der Waals surface area contributed by atoms with Crippen molar-refractivity contribution in [1.29, 1.82) is 0 Å². The lowest BCUT2D eigenvalue weighted by atomic mass is 9.98. The lowest BCUT2D eigenvalue weighted by Crippen LogP contribution is -2.27. The third kappa shape index (κ3) is 5.14. The fraction of sp³-hybridized carbons (Fsp3) is 0.909. The summed E-state index contributed by atoms with van der Waals surface area (Å²) >= 11 is 0. The van der Waals surface area contributed by atoms with Crippen LogP contribution in [0.3, 0.4) is 0 Å². The second kappa shape index (κ2) is 6.80. The Hall–Kier alpha value is -0.610. The maximum Gasteiger partial charge on any atom is 0.248 e. The average Bonchev–Trinajstić information content (AvgIpc) is 2.25. The van der Waals surface area contributed by atoms with E-state index in [1.807, 2.05) is 0 Å². The van der Waals surface area contributed by atoms with Crippen molar-refractivity contribution in [3.05, 3.63) is 0 Å². The van der Waals surface area contributed by atoms with Gasteiger partial charge in [-0.25, -0.2) is 0 Å². The van der Waals surface area contributed by atoms with E-state index in [9.17, 15) is 4.79 Å². The van der Waals surface area contributed by atoms with E-state index in [0.717, 1.165) is 12.8 Å². The fourth-order valence-corrected chi connectivity index (χ4v) is 1.63. The molecule has 0 aromatic carbocycles. The Morgan fingerprint density at radius 1 is 1.27 bits per heavy atom. The molecular weight excluding hydrogens is 194 g/mol. The van der Waals surface area contributed by atoms with Gasteiger partial charge in [-0.3, -0.25) is 4.79 Å². The smallest absolute Gasteiger partial charge is 0.248 e. The summed E-state index contributed by atoms with van der Waals surface area (Å²) < 4.78 is 10.7. The Labute approximate surface area is 91.5 Å². The number of amides is 1. The summed E-state index contributed by atoms with van der Waals surface area (Å²) in [5.74, 6) is -0.0257. The molecule has 1 rings (SSSR count). The van der Waals surface area contributed by atoms with Gasteiger partial charge < -0.3 is 14.4 Å². The second-order valence-electron chi connectivity index (χ2n) is 4.18. The molecule has 1 amide bonds. The maximum absolute atomic E-state index is 11.1. The predicted molar refractivity (Wildman–Crippen MR) is 57.5 cm³/mol. The molecule has 0 heterocycles. The fourth-order valence-electron chi connectivity index (χ4n) is 1.63. The van der Waals surface area contributed by atoms with Crippen LogP contribution < -0.4 is 0 Å². The van der Waals surface area contributed by atoms with Gasteiger partial charge in [-0.05, 0) is 12.8 Å². The van der Waals surface area contributed by atoms with Crippen LogP contribution in [0.1, 0.15) is 32.1 Å². The maximum atomic E-state index is 11.1. The molecule has 88 valence electrons. The molecule has 1 aliphatic rings. The first-order valence-electron chi connectivity index (χ1n) is 5.59. The molecule has 4 nitrogen and oxygen atoms in total. The second-order valence-corrected chi connectivity index (χ2v) is 4.18. The van der Waals surface area contributed by atoms with Gasteiger partial charge in [0.2, 0.25) is 5.91 Å². The van der Waals surface area contributed by atoms with Gasteiger partial charge in [-0.2, -0.15) is 0 Å². The van der Waals surface area contributed by atoms with E-state index in [1.54, 1.807) is 14.1 Å². The Balaban J connectivity index is 1.98. The normalized spacial score (nSPS) is 17.7. The SMILES string of the molecule is CN(C)C(=O)COCOC1CCCCC1. The zero-order chi connectivity index (χ0) is 11.1. The first-order chi connectivity index (χ1) is 7.20. The van der Waals surface area contributed by atoms with E-state index in [-0.39, 0.29) is 19.3 Å². The molecule has 1 saturated carbocycles. The minimum Gasteiger partial charge on any atom is -0.352 e. The molecule has 0 bridgehead atoms. The summed E-state index contributed by atoms with van der Waals surface area (Å²) in [7, 11) is 3.43. The van der Waals surface area contributed by atoms with Gasteiger partial charge in [0.05, 0.1) is 6.10 Å². The summed E-state index contributed by atoms with van der Waals surface area (Å²) in [6.07, 6.45) is 6.42. The minimum atomic E-state index is -0.0257. The van der Waals surface area contributed by atoms with Crippen molar-refractivity contribution in [2.24, 2.45) is 0 Å². The summed E-state index contributed by atoms with van der Waals surface area (Å²) in [6, 6.07) is 0. The number of likely N-dealkylation sites (N-methyl/N-ethyl adjacent to an activating group) is 1. The zero-order valence-electron chi connectivity index (χ0n) is 9.70. The molecular formula is C11H21NO3. The molecule has 0 saturated heterocycles. The number of nitrogens with zero attached hydrogens (tertiary/aromatic N) is 1. The third-order valence-corrected chi connectivity index (χ3v) is 2.66. The predicted octanol–water partition coefficient (Wildman–Crippen LogP) is 1.40. The van der Waals surface area contributed by atoms with Crippen LogP contribution in [0.2, 0.25) is 0 Å². The number of hydrogen-bond donors (Lipinski definition) is 0. The molecule has 1 aliphatic carbocycles.